The van der Waals surface area contributed by atoms with Crippen LogP contribution >= 0.6 is 0 Å². The number of fused-ring (bicyclic) bond motifs is 1. The van der Waals surface area contributed by atoms with E-state index in [0.29, 0.717) is 96.2 Å². The van der Waals surface area contributed by atoms with Gasteiger partial charge in [0.1, 0.15) is 12.4 Å². The van der Waals surface area contributed by atoms with Crippen LogP contribution in [0, 0.1) is 0 Å². The maximum atomic E-state index is 6.31. The normalized spacial score (nSPS) is 15.6. The molecular formula is C32H47BN4O8. The molecule has 1 saturated heterocycles. The molecule has 0 atom stereocenters. The van der Waals surface area contributed by atoms with Crippen LogP contribution in [-0.4, -0.2) is 108 Å². The van der Waals surface area contributed by atoms with Crippen LogP contribution < -0.4 is 21.7 Å². The molecule has 13 heteroatoms. The number of nitrogens with two attached hydrogens (primary N) is 2. The van der Waals surface area contributed by atoms with Crippen molar-refractivity contribution in [3.8, 4) is 16.9 Å². The number of hydrogen-bond acceptors (Lipinski definition) is 12. The van der Waals surface area contributed by atoms with Gasteiger partial charge < -0.3 is 49.2 Å². The summed E-state index contributed by atoms with van der Waals surface area (Å²) in [6.45, 7) is 14.0. The Hall–Kier alpha value is -2.88. The molecule has 3 aromatic rings. The van der Waals surface area contributed by atoms with E-state index in [1.807, 2.05) is 64.1 Å². The number of aromatic nitrogens is 2. The summed E-state index contributed by atoms with van der Waals surface area (Å²) >= 11 is 0. The molecule has 1 aromatic heterocycles. The molecule has 0 saturated carbocycles. The van der Waals surface area contributed by atoms with Crippen molar-refractivity contribution >= 4 is 29.2 Å². The van der Waals surface area contributed by atoms with E-state index < -0.39 is 18.3 Å². The van der Waals surface area contributed by atoms with Gasteiger partial charge in [-0.2, -0.15) is 10.2 Å². The average Bonchev–Trinajstić information content (AvgIpc) is 3.24. The summed E-state index contributed by atoms with van der Waals surface area (Å²) in [5, 5.41) is 9.13. The third-order valence-electron chi connectivity index (χ3n) is 7.75. The van der Waals surface area contributed by atoms with Gasteiger partial charge in [-0.1, -0.05) is 18.2 Å². The summed E-state index contributed by atoms with van der Waals surface area (Å²) < 4.78 is 46.2. The minimum absolute atomic E-state index is 0.365. The molecule has 1 aliphatic rings. The summed E-state index contributed by atoms with van der Waals surface area (Å²) in [6.07, 6.45) is 1.55. The molecule has 0 unspecified atom stereocenters. The number of hydrogen-bond donors (Lipinski definition) is 2. The van der Waals surface area contributed by atoms with Gasteiger partial charge in [-0.05, 0) is 56.9 Å². The van der Waals surface area contributed by atoms with Crippen molar-refractivity contribution < 1.29 is 37.7 Å². The van der Waals surface area contributed by atoms with Crippen molar-refractivity contribution in [2.45, 2.75) is 38.9 Å². The lowest BCUT2D eigenvalue weighted by molar-refractivity contribution is -0.0122. The monoisotopic (exact) mass is 626 g/mol. The second kappa shape index (κ2) is 17.2. The number of anilines is 1. The number of rotatable bonds is 20. The Kier molecular flexibility index (Phi) is 13.3. The fourth-order valence-electron chi connectivity index (χ4n) is 4.55. The zero-order chi connectivity index (χ0) is 32.1. The van der Waals surface area contributed by atoms with E-state index in [0.717, 1.165) is 22.0 Å². The first kappa shape index (κ1) is 35.0. The maximum Gasteiger partial charge on any atom is 0.494 e. The van der Waals surface area contributed by atoms with Gasteiger partial charge in [-0.15, -0.1) is 0 Å². The van der Waals surface area contributed by atoms with Crippen LogP contribution in [0.2, 0.25) is 0 Å². The lowest BCUT2D eigenvalue weighted by Crippen LogP contribution is -2.41. The fourth-order valence-corrected chi connectivity index (χ4v) is 4.55. The zero-order valence-electron chi connectivity index (χ0n) is 26.9. The van der Waals surface area contributed by atoms with Gasteiger partial charge in [-0.25, -0.2) is 0 Å². The van der Waals surface area contributed by atoms with E-state index in [1.165, 1.54) is 0 Å². The molecule has 1 aliphatic heterocycles. The molecule has 0 amide bonds. The quantitative estimate of drug-likeness (QED) is 0.140. The van der Waals surface area contributed by atoms with Gasteiger partial charge in [0.2, 0.25) is 0 Å². The first-order valence-corrected chi connectivity index (χ1v) is 15.4. The van der Waals surface area contributed by atoms with Crippen molar-refractivity contribution in [2.75, 3.05) is 85.0 Å². The standard InChI is InChI=1S/C32H47BN4O8/c1-31(2)32(3,4)45-33(44-31)25-6-8-30(27(22-25)24-5-7-26-28(35)23-36-37-29(26)21-24)43-20-19-42-18-17-41-16-15-40-14-13-39-12-11-38-10-9-34/h5-8,21-23H,9-20,34H2,1-4H3,(H2,35,37). The van der Waals surface area contributed by atoms with Crippen LogP contribution in [-0.2, 0) is 33.0 Å². The summed E-state index contributed by atoms with van der Waals surface area (Å²) in [4.78, 5) is 0. The number of nitrogens with zero attached hydrogens (tertiary/aromatic N) is 2. The second-order valence-corrected chi connectivity index (χ2v) is 11.6. The van der Waals surface area contributed by atoms with Crippen molar-refractivity contribution in [1.82, 2.24) is 10.2 Å². The van der Waals surface area contributed by atoms with Crippen molar-refractivity contribution in [3.05, 3.63) is 42.6 Å². The minimum atomic E-state index is -0.507. The average molecular weight is 627 g/mol. The fraction of sp³-hybridized carbons (Fsp3) is 0.562. The van der Waals surface area contributed by atoms with E-state index in [2.05, 4.69) is 10.2 Å². The molecule has 246 valence electrons. The molecule has 2 heterocycles. The highest BCUT2D eigenvalue weighted by Crippen LogP contribution is 2.38. The molecule has 0 spiro atoms. The second-order valence-electron chi connectivity index (χ2n) is 11.6. The summed E-state index contributed by atoms with van der Waals surface area (Å²) in [5.74, 6) is 0.704. The van der Waals surface area contributed by atoms with Gasteiger partial charge in [0.25, 0.3) is 0 Å². The molecule has 0 aliphatic carbocycles. The highest BCUT2D eigenvalue weighted by Gasteiger charge is 2.51. The highest BCUT2D eigenvalue weighted by atomic mass is 16.7. The van der Waals surface area contributed by atoms with Crippen molar-refractivity contribution in [3.63, 3.8) is 0 Å². The maximum absolute atomic E-state index is 6.31. The largest absolute Gasteiger partial charge is 0.494 e. The van der Waals surface area contributed by atoms with Crippen LogP contribution in [0.5, 0.6) is 5.75 Å². The van der Waals surface area contributed by atoms with Crippen molar-refractivity contribution in [1.29, 1.82) is 0 Å². The molecule has 2 aromatic carbocycles. The van der Waals surface area contributed by atoms with Gasteiger partial charge in [0.15, 0.2) is 0 Å². The predicted octanol–water partition coefficient (Wildman–Crippen LogP) is 2.60. The number of nitrogen functional groups attached to an aromatic ring is 1. The summed E-state index contributed by atoms with van der Waals surface area (Å²) in [5.41, 5.74) is 14.5. The topological polar surface area (TPSA) is 152 Å². The molecular weight excluding hydrogens is 579 g/mol. The lowest BCUT2D eigenvalue weighted by atomic mass is 9.77. The molecule has 0 radical (unpaired) electrons. The number of benzene rings is 2. The third kappa shape index (κ3) is 10.1. The lowest BCUT2D eigenvalue weighted by Gasteiger charge is -2.32. The molecule has 4 N–H and O–H groups in total. The van der Waals surface area contributed by atoms with Gasteiger partial charge in [0, 0.05) is 17.5 Å². The highest BCUT2D eigenvalue weighted by molar-refractivity contribution is 6.62. The van der Waals surface area contributed by atoms with Crippen LogP contribution in [0.25, 0.3) is 22.0 Å². The van der Waals surface area contributed by atoms with Crippen LogP contribution in [0.1, 0.15) is 27.7 Å². The Morgan fingerprint density at radius 3 is 1.84 bits per heavy atom. The van der Waals surface area contributed by atoms with E-state index in [1.54, 1.807) is 6.20 Å². The Morgan fingerprint density at radius 2 is 1.27 bits per heavy atom. The molecule has 1 fully saturated rings. The Bertz CT molecular complexity index is 1330. The minimum Gasteiger partial charge on any atom is -0.491 e. The van der Waals surface area contributed by atoms with Crippen LogP contribution in [0.4, 0.5) is 5.69 Å². The van der Waals surface area contributed by atoms with E-state index in [4.69, 9.17) is 49.2 Å². The Labute approximate surface area is 266 Å². The van der Waals surface area contributed by atoms with Gasteiger partial charge in [0.05, 0.1) is 94.7 Å². The first-order valence-electron chi connectivity index (χ1n) is 15.4. The summed E-state index contributed by atoms with van der Waals surface area (Å²) in [6, 6.07) is 11.9. The molecule has 0 bridgehead atoms. The predicted molar refractivity (Wildman–Crippen MR) is 174 cm³/mol. The van der Waals surface area contributed by atoms with Crippen LogP contribution in [0.15, 0.2) is 42.6 Å². The SMILES string of the molecule is CC1(C)OB(c2ccc(OCCOCCOCCOCCOCCOCCN)c(-c3ccc4c(N)cnnc4c3)c2)OC1(C)C. The smallest absolute Gasteiger partial charge is 0.491 e. The first-order chi connectivity index (χ1) is 21.7. The Morgan fingerprint density at radius 1 is 0.711 bits per heavy atom. The third-order valence-corrected chi connectivity index (χ3v) is 7.75. The van der Waals surface area contributed by atoms with E-state index in [9.17, 15) is 0 Å². The molecule has 4 rings (SSSR count). The molecule has 45 heavy (non-hydrogen) atoms. The van der Waals surface area contributed by atoms with Gasteiger partial charge >= 0.3 is 7.12 Å². The van der Waals surface area contributed by atoms with Crippen molar-refractivity contribution in [2.24, 2.45) is 5.73 Å². The van der Waals surface area contributed by atoms with Crippen LogP contribution in [0.3, 0.4) is 0 Å². The van der Waals surface area contributed by atoms with E-state index in [-0.39, 0.29) is 0 Å². The molecule has 12 nitrogen and oxygen atoms in total. The van der Waals surface area contributed by atoms with Gasteiger partial charge in [-0.3, -0.25) is 0 Å². The Balaban J connectivity index is 1.24. The summed E-state index contributed by atoms with van der Waals surface area (Å²) in [7, 11) is -0.507. The van der Waals surface area contributed by atoms with E-state index >= 15 is 0 Å². The zero-order valence-corrected chi connectivity index (χ0v) is 26.9. The number of ether oxygens (including phenoxy) is 6.